The Morgan fingerprint density at radius 3 is 2.95 bits per heavy atom. The zero-order valence-corrected chi connectivity index (χ0v) is 11.5. The lowest BCUT2D eigenvalue weighted by Gasteiger charge is -2.22. The van der Waals surface area contributed by atoms with Crippen LogP contribution in [-0.2, 0) is 16.1 Å². The molecule has 0 saturated carbocycles. The zero-order chi connectivity index (χ0) is 13.8. The van der Waals surface area contributed by atoms with Crippen molar-refractivity contribution in [2.75, 3.05) is 6.54 Å². The fourth-order valence-corrected chi connectivity index (χ4v) is 2.53. The van der Waals surface area contributed by atoms with E-state index in [4.69, 9.17) is 0 Å². The van der Waals surface area contributed by atoms with Crippen molar-refractivity contribution in [1.29, 1.82) is 0 Å². The predicted molar refractivity (Wildman–Crippen MR) is 73.4 cm³/mol. The topological polar surface area (TPSA) is 49.4 Å². The van der Waals surface area contributed by atoms with Crippen molar-refractivity contribution in [3.63, 3.8) is 0 Å². The number of carbonyl (C=O) groups excluding carboxylic acids is 2. The van der Waals surface area contributed by atoms with E-state index in [1.165, 1.54) is 5.56 Å². The van der Waals surface area contributed by atoms with Gasteiger partial charge >= 0.3 is 0 Å². The van der Waals surface area contributed by atoms with Crippen LogP contribution in [0.5, 0.6) is 0 Å². The van der Waals surface area contributed by atoms with Crippen molar-refractivity contribution in [1.82, 2.24) is 10.2 Å². The Labute approximate surface area is 113 Å². The van der Waals surface area contributed by atoms with E-state index >= 15 is 0 Å². The van der Waals surface area contributed by atoms with Gasteiger partial charge in [0.25, 0.3) is 0 Å². The largest absolute Gasteiger partial charge is 0.350 e. The Hall–Kier alpha value is -1.84. The molecule has 4 nitrogen and oxygen atoms in total. The van der Waals surface area contributed by atoms with Gasteiger partial charge in [-0.15, -0.1) is 0 Å². The number of likely N-dealkylation sites (N-methyl/N-ethyl adjacent to an activating group) is 1. The number of benzene rings is 1. The molecule has 0 aliphatic carbocycles. The zero-order valence-electron chi connectivity index (χ0n) is 11.5. The minimum atomic E-state index is -0.290. The average molecular weight is 260 g/mol. The summed E-state index contributed by atoms with van der Waals surface area (Å²) < 4.78 is 0. The SMILES string of the molecule is CCN1C(=O)CCC1C(=O)NCc1cccc(C)c1. The molecule has 1 aliphatic rings. The molecule has 1 aromatic carbocycles. The van der Waals surface area contributed by atoms with Crippen LogP contribution in [-0.4, -0.2) is 29.3 Å². The summed E-state index contributed by atoms with van der Waals surface area (Å²) in [5.41, 5.74) is 2.26. The number of rotatable bonds is 4. The third-order valence-electron chi connectivity index (χ3n) is 3.52. The molecule has 0 bridgehead atoms. The van der Waals surface area contributed by atoms with Crippen LogP contribution in [0.1, 0.15) is 30.9 Å². The third kappa shape index (κ3) is 3.13. The number of aryl methyl sites for hydroxylation is 1. The molecule has 19 heavy (non-hydrogen) atoms. The van der Waals surface area contributed by atoms with Crippen molar-refractivity contribution in [2.45, 2.75) is 39.3 Å². The van der Waals surface area contributed by atoms with Crippen molar-refractivity contribution in [3.8, 4) is 0 Å². The predicted octanol–water partition coefficient (Wildman–Crippen LogP) is 1.62. The second kappa shape index (κ2) is 5.87. The highest BCUT2D eigenvalue weighted by molar-refractivity contribution is 5.90. The van der Waals surface area contributed by atoms with Crippen molar-refractivity contribution < 1.29 is 9.59 Å². The van der Waals surface area contributed by atoms with Gasteiger partial charge in [0, 0.05) is 19.5 Å². The number of carbonyl (C=O) groups is 2. The van der Waals surface area contributed by atoms with Crippen LogP contribution in [0.25, 0.3) is 0 Å². The summed E-state index contributed by atoms with van der Waals surface area (Å²) in [6.07, 6.45) is 1.11. The van der Waals surface area contributed by atoms with Crippen LogP contribution < -0.4 is 5.32 Å². The molecule has 2 rings (SSSR count). The van der Waals surface area contributed by atoms with Crippen molar-refractivity contribution in [2.24, 2.45) is 0 Å². The molecule has 1 heterocycles. The van der Waals surface area contributed by atoms with Gasteiger partial charge in [-0.25, -0.2) is 0 Å². The summed E-state index contributed by atoms with van der Waals surface area (Å²) >= 11 is 0. The second-order valence-electron chi connectivity index (χ2n) is 4.94. The molecule has 1 atom stereocenters. The normalized spacial score (nSPS) is 18.7. The van der Waals surface area contributed by atoms with Gasteiger partial charge in [-0.3, -0.25) is 9.59 Å². The smallest absolute Gasteiger partial charge is 0.243 e. The highest BCUT2D eigenvalue weighted by Gasteiger charge is 2.34. The van der Waals surface area contributed by atoms with E-state index < -0.39 is 0 Å². The van der Waals surface area contributed by atoms with Crippen LogP contribution in [0.3, 0.4) is 0 Å². The van der Waals surface area contributed by atoms with E-state index in [2.05, 4.69) is 11.4 Å². The number of hydrogen-bond donors (Lipinski definition) is 1. The van der Waals surface area contributed by atoms with Gasteiger partial charge in [-0.1, -0.05) is 29.8 Å². The lowest BCUT2D eigenvalue weighted by Crippen LogP contribution is -2.44. The molecule has 0 aromatic heterocycles. The highest BCUT2D eigenvalue weighted by atomic mass is 16.2. The van der Waals surface area contributed by atoms with Crippen LogP contribution in [0, 0.1) is 6.92 Å². The van der Waals surface area contributed by atoms with Crippen LogP contribution in [0.2, 0.25) is 0 Å². The van der Waals surface area contributed by atoms with E-state index in [1.54, 1.807) is 4.90 Å². The van der Waals surface area contributed by atoms with Crippen LogP contribution in [0.15, 0.2) is 24.3 Å². The Morgan fingerprint density at radius 1 is 1.47 bits per heavy atom. The molecule has 1 aliphatic heterocycles. The van der Waals surface area contributed by atoms with Crippen LogP contribution >= 0.6 is 0 Å². The maximum absolute atomic E-state index is 12.1. The van der Waals surface area contributed by atoms with Gasteiger partial charge in [0.05, 0.1) is 0 Å². The van der Waals surface area contributed by atoms with Crippen molar-refractivity contribution >= 4 is 11.8 Å². The Bertz CT molecular complexity index is 485. The number of nitrogens with one attached hydrogen (secondary N) is 1. The highest BCUT2D eigenvalue weighted by Crippen LogP contribution is 2.18. The fraction of sp³-hybridized carbons (Fsp3) is 0.467. The van der Waals surface area contributed by atoms with Gasteiger partial charge in [0.1, 0.15) is 6.04 Å². The molecule has 1 fully saturated rings. The molecule has 1 saturated heterocycles. The first kappa shape index (κ1) is 13.6. The first-order valence-electron chi connectivity index (χ1n) is 6.74. The quantitative estimate of drug-likeness (QED) is 0.894. The lowest BCUT2D eigenvalue weighted by atomic mass is 10.1. The Kier molecular flexibility index (Phi) is 4.20. The van der Waals surface area contributed by atoms with Crippen molar-refractivity contribution in [3.05, 3.63) is 35.4 Å². The van der Waals surface area contributed by atoms with E-state index in [9.17, 15) is 9.59 Å². The van der Waals surface area contributed by atoms with E-state index in [0.717, 1.165) is 5.56 Å². The fourth-order valence-electron chi connectivity index (χ4n) is 2.53. The number of nitrogens with zero attached hydrogens (tertiary/aromatic N) is 1. The summed E-state index contributed by atoms with van der Waals surface area (Å²) in [4.78, 5) is 25.4. The van der Waals surface area contributed by atoms with Gasteiger partial charge < -0.3 is 10.2 Å². The van der Waals surface area contributed by atoms with E-state index in [0.29, 0.717) is 25.9 Å². The molecule has 1 aromatic rings. The minimum Gasteiger partial charge on any atom is -0.350 e. The average Bonchev–Trinajstić information content (AvgIpc) is 2.77. The van der Waals surface area contributed by atoms with E-state index in [-0.39, 0.29) is 17.9 Å². The molecule has 1 unspecified atom stereocenters. The summed E-state index contributed by atoms with van der Waals surface area (Å²) in [7, 11) is 0. The maximum Gasteiger partial charge on any atom is 0.243 e. The molecule has 4 heteroatoms. The molecule has 102 valence electrons. The minimum absolute atomic E-state index is 0.0470. The molecular weight excluding hydrogens is 240 g/mol. The third-order valence-corrected chi connectivity index (χ3v) is 3.52. The van der Waals surface area contributed by atoms with Gasteiger partial charge in [0.2, 0.25) is 11.8 Å². The Balaban J connectivity index is 1.93. The summed E-state index contributed by atoms with van der Waals surface area (Å²) in [5.74, 6) is 0.0346. The molecule has 0 radical (unpaired) electrons. The number of amides is 2. The first-order chi connectivity index (χ1) is 9.11. The summed E-state index contributed by atoms with van der Waals surface area (Å²) in [6.45, 7) is 5.05. The van der Waals surface area contributed by atoms with Gasteiger partial charge in [-0.2, -0.15) is 0 Å². The summed E-state index contributed by atoms with van der Waals surface area (Å²) in [5, 5.41) is 2.92. The van der Waals surface area contributed by atoms with Crippen LogP contribution in [0.4, 0.5) is 0 Å². The molecule has 0 spiro atoms. The monoisotopic (exact) mass is 260 g/mol. The molecular formula is C15H20N2O2. The second-order valence-corrected chi connectivity index (χ2v) is 4.94. The number of likely N-dealkylation sites (tertiary alicyclic amines) is 1. The maximum atomic E-state index is 12.1. The summed E-state index contributed by atoms with van der Waals surface area (Å²) in [6, 6.07) is 7.76. The van der Waals surface area contributed by atoms with E-state index in [1.807, 2.05) is 32.0 Å². The molecule has 1 N–H and O–H groups in total. The first-order valence-corrected chi connectivity index (χ1v) is 6.74. The standard InChI is InChI=1S/C15H20N2O2/c1-3-17-13(7-8-14(17)18)15(19)16-10-12-6-4-5-11(2)9-12/h4-6,9,13H,3,7-8,10H2,1-2H3,(H,16,19). The molecule has 2 amide bonds. The lowest BCUT2D eigenvalue weighted by molar-refractivity contribution is -0.135. The van der Waals surface area contributed by atoms with Gasteiger partial charge in [-0.05, 0) is 25.8 Å². The number of hydrogen-bond acceptors (Lipinski definition) is 2. The Morgan fingerprint density at radius 2 is 2.26 bits per heavy atom. The van der Waals surface area contributed by atoms with Gasteiger partial charge in [0.15, 0.2) is 0 Å².